The minimum atomic E-state index is 0.788. The minimum absolute atomic E-state index is 0.788. The fourth-order valence-electron chi connectivity index (χ4n) is 2.07. The summed E-state index contributed by atoms with van der Waals surface area (Å²) in [6, 6.07) is 16.8. The molecule has 0 unspecified atom stereocenters. The first kappa shape index (κ1) is 12.3. The highest BCUT2D eigenvalue weighted by Gasteiger charge is 2.02. The van der Waals surface area contributed by atoms with E-state index in [1.807, 2.05) is 12.1 Å². The maximum Gasteiger partial charge on any atom is 0.0909 e. The van der Waals surface area contributed by atoms with Gasteiger partial charge in [-0.3, -0.25) is 4.90 Å². The predicted octanol–water partition coefficient (Wildman–Crippen LogP) is 3.35. The van der Waals surface area contributed by atoms with E-state index in [1.165, 1.54) is 22.4 Å². The molecule has 0 spiro atoms. The van der Waals surface area contributed by atoms with Crippen LogP contribution >= 0.6 is 0 Å². The normalized spacial score (nSPS) is 11.2. The van der Waals surface area contributed by atoms with Crippen LogP contribution in [0.4, 0.5) is 0 Å². The first-order valence-electron chi connectivity index (χ1n) is 6.01. The Hall–Kier alpha value is -2.11. The van der Waals surface area contributed by atoms with Gasteiger partial charge in [0, 0.05) is 19.2 Å². The standard InChI is InChI=1S/C16H16N2/c1-18(12-5-4-11-17)13-15-9-6-8-14-7-2-3-10-16(14)15/h2-10H,12-13H2,1H3/b5-4-. The van der Waals surface area contributed by atoms with Crippen LogP contribution in [-0.4, -0.2) is 18.5 Å². The SMILES string of the molecule is CN(C/C=C\C#N)Cc1cccc2ccccc12. The van der Waals surface area contributed by atoms with Crippen LogP contribution in [0.2, 0.25) is 0 Å². The molecule has 0 N–H and O–H groups in total. The molecule has 2 heteroatoms. The Bertz CT molecular complexity index is 588. The second kappa shape index (κ2) is 6.00. The van der Waals surface area contributed by atoms with Crippen molar-refractivity contribution in [1.82, 2.24) is 4.90 Å². The van der Waals surface area contributed by atoms with Gasteiger partial charge in [-0.25, -0.2) is 0 Å². The lowest BCUT2D eigenvalue weighted by molar-refractivity contribution is 0.365. The zero-order valence-electron chi connectivity index (χ0n) is 10.5. The Kier molecular flexibility index (Phi) is 4.11. The van der Waals surface area contributed by atoms with E-state index in [0.717, 1.165) is 13.1 Å². The number of nitriles is 1. The van der Waals surface area contributed by atoms with Gasteiger partial charge in [-0.1, -0.05) is 48.5 Å². The van der Waals surface area contributed by atoms with Gasteiger partial charge in [0.2, 0.25) is 0 Å². The quantitative estimate of drug-likeness (QED) is 0.761. The molecule has 2 aromatic rings. The van der Waals surface area contributed by atoms with E-state index >= 15 is 0 Å². The number of rotatable bonds is 4. The molecule has 0 aliphatic carbocycles. The molecule has 0 aliphatic heterocycles. The summed E-state index contributed by atoms with van der Waals surface area (Å²) < 4.78 is 0. The number of likely N-dealkylation sites (N-methyl/N-ethyl adjacent to an activating group) is 1. The van der Waals surface area contributed by atoms with E-state index in [-0.39, 0.29) is 0 Å². The Morgan fingerprint density at radius 2 is 1.94 bits per heavy atom. The van der Waals surface area contributed by atoms with Crippen LogP contribution in [0, 0.1) is 11.3 Å². The zero-order chi connectivity index (χ0) is 12.8. The summed E-state index contributed by atoms with van der Waals surface area (Å²) in [5, 5.41) is 11.0. The first-order valence-corrected chi connectivity index (χ1v) is 6.01. The largest absolute Gasteiger partial charge is 0.298 e. The molecule has 0 bridgehead atoms. The average Bonchev–Trinajstić information content (AvgIpc) is 2.39. The average molecular weight is 236 g/mol. The monoisotopic (exact) mass is 236 g/mol. The number of fused-ring (bicyclic) bond motifs is 1. The van der Waals surface area contributed by atoms with Crippen LogP contribution in [0.5, 0.6) is 0 Å². The second-order valence-corrected chi connectivity index (χ2v) is 4.37. The van der Waals surface area contributed by atoms with Gasteiger partial charge in [-0.05, 0) is 23.4 Å². The van der Waals surface area contributed by atoms with E-state index in [4.69, 9.17) is 5.26 Å². The molecule has 0 aliphatic rings. The third-order valence-electron chi connectivity index (χ3n) is 2.93. The summed E-state index contributed by atoms with van der Waals surface area (Å²) in [4.78, 5) is 2.19. The molecule has 0 atom stereocenters. The minimum Gasteiger partial charge on any atom is -0.298 e. The zero-order valence-corrected chi connectivity index (χ0v) is 10.5. The second-order valence-electron chi connectivity index (χ2n) is 4.37. The summed E-state index contributed by atoms with van der Waals surface area (Å²) in [6.07, 6.45) is 3.41. The highest BCUT2D eigenvalue weighted by Crippen LogP contribution is 2.19. The summed E-state index contributed by atoms with van der Waals surface area (Å²) in [5.41, 5.74) is 1.32. The van der Waals surface area contributed by atoms with E-state index in [9.17, 15) is 0 Å². The number of hydrogen-bond acceptors (Lipinski definition) is 2. The number of benzene rings is 2. The van der Waals surface area contributed by atoms with Gasteiger partial charge in [0.05, 0.1) is 6.07 Å². The van der Waals surface area contributed by atoms with Gasteiger partial charge in [0.15, 0.2) is 0 Å². The third kappa shape index (κ3) is 2.97. The van der Waals surface area contributed by atoms with Crippen LogP contribution in [0.15, 0.2) is 54.6 Å². The first-order chi connectivity index (χ1) is 8.81. The van der Waals surface area contributed by atoms with Gasteiger partial charge in [0.1, 0.15) is 0 Å². The van der Waals surface area contributed by atoms with Crippen molar-refractivity contribution in [1.29, 1.82) is 5.26 Å². The Morgan fingerprint density at radius 3 is 2.78 bits per heavy atom. The Morgan fingerprint density at radius 1 is 1.17 bits per heavy atom. The van der Waals surface area contributed by atoms with Crippen molar-refractivity contribution >= 4 is 10.8 Å². The molecule has 2 nitrogen and oxygen atoms in total. The molecule has 90 valence electrons. The van der Waals surface area contributed by atoms with Crippen molar-refractivity contribution in [3.63, 3.8) is 0 Å². The van der Waals surface area contributed by atoms with Crippen LogP contribution in [0.1, 0.15) is 5.56 Å². The van der Waals surface area contributed by atoms with Gasteiger partial charge in [-0.15, -0.1) is 0 Å². The molecule has 0 amide bonds. The van der Waals surface area contributed by atoms with Crippen molar-refractivity contribution in [2.24, 2.45) is 0 Å². The van der Waals surface area contributed by atoms with Gasteiger partial charge in [-0.2, -0.15) is 5.26 Å². The summed E-state index contributed by atoms with van der Waals surface area (Å²) in [6.45, 7) is 1.67. The fraction of sp³-hybridized carbons (Fsp3) is 0.188. The highest BCUT2D eigenvalue weighted by atomic mass is 15.1. The van der Waals surface area contributed by atoms with Crippen molar-refractivity contribution in [3.05, 3.63) is 60.2 Å². The molecule has 0 saturated carbocycles. The van der Waals surface area contributed by atoms with E-state index in [1.54, 1.807) is 0 Å². The lowest BCUT2D eigenvalue weighted by Gasteiger charge is -2.15. The lowest BCUT2D eigenvalue weighted by atomic mass is 10.0. The number of allylic oxidation sites excluding steroid dienone is 1. The summed E-state index contributed by atoms with van der Waals surface area (Å²) >= 11 is 0. The number of hydrogen-bond donors (Lipinski definition) is 0. The van der Waals surface area contributed by atoms with Crippen LogP contribution in [0.3, 0.4) is 0 Å². The topological polar surface area (TPSA) is 27.0 Å². The van der Waals surface area contributed by atoms with Gasteiger partial charge < -0.3 is 0 Å². The van der Waals surface area contributed by atoms with Crippen molar-refractivity contribution < 1.29 is 0 Å². The molecule has 0 heterocycles. The van der Waals surface area contributed by atoms with E-state index < -0.39 is 0 Å². The molecule has 0 aromatic heterocycles. The molecule has 0 saturated heterocycles. The lowest BCUT2D eigenvalue weighted by Crippen LogP contribution is -2.17. The van der Waals surface area contributed by atoms with Gasteiger partial charge in [0.25, 0.3) is 0 Å². The summed E-state index contributed by atoms with van der Waals surface area (Å²) in [7, 11) is 2.06. The molecule has 18 heavy (non-hydrogen) atoms. The van der Waals surface area contributed by atoms with E-state index in [2.05, 4.69) is 54.4 Å². The maximum atomic E-state index is 8.45. The van der Waals surface area contributed by atoms with Crippen molar-refractivity contribution in [2.75, 3.05) is 13.6 Å². The van der Waals surface area contributed by atoms with Crippen molar-refractivity contribution in [3.8, 4) is 6.07 Å². The summed E-state index contributed by atoms with van der Waals surface area (Å²) in [5.74, 6) is 0. The Labute approximate surface area is 108 Å². The van der Waals surface area contributed by atoms with E-state index in [0.29, 0.717) is 0 Å². The highest BCUT2D eigenvalue weighted by molar-refractivity contribution is 5.85. The molecular weight excluding hydrogens is 220 g/mol. The Balaban J connectivity index is 2.17. The third-order valence-corrected chi connectivity index (χ3v) is 2.93. The number of nitrogens with zero attached hydrogens (tertiary/aromatic N) is 2. The van der Waals surface area contributed by atoms with Crippen LogP contribution in [0.25, 0.3) is 10.8 Å². The molecule has 0 radical (unpaired) electrons. The van der Waals surface area contributed by atoms with Crippen LogP contribution in [-0.2, 0) is 6.54 Å². The molecular formula is C16H16N2. The maximum absolute atomic E-state index is 8.45. The van der Waals surface area contributed by atoms with Crippen molar-refractivity contribution in [2.45, 2.75) is 6.54 Å². The predicted molar refractivity (Wildman–Crippen MR) is 75.0 cm³/mol. The van der Waals surface area contributed by atoms with Crippen LogP contribution < -0.4 is 0 Å². The van der Waals surface area contributed by atoms with Gasteiger partial charge >= 0.3 is 0 Å². The smallest absolute Gasteiger partial charge is 0.0909 e. The molecule has 2 aromatic carbocycles. The molecule has 0 fully saturated rings. The fourth-order valence-corrected chi connectivity index (χ4v) is 2.07. The molecule has 2 rings (SSSR count).